The van der Waals surface area contributed by atoms with Gasteiger partial charge < -0.3 is 10.1 Å². The molecule has 0 aliphatic rings. The fourth-order valence-electron chi connectivity index (χ4n) is 2.44. The van der Waals surface area contributed by atoms with Gasteiger partial charge in [-0.25, -0.2) is 9.78 Å². The van der Waals surface area contributed by atoms with Gasteiger partial charge in [0.25, 0.3) is 0 Å². The summed E-state index contributed by atoms with van der Waals surface area (Å²) in [6, 6.07) is 15.2. The molecule has 0 saturated heterocycles. The van der Waals surface area contributed by atoms with E-state index in [9.17, 15) is 9.59 Å². The first-order valence-electron chi connectivity index (χ1n) is 8.64. The minimum atomic E-state index is -0.375. The second kappa shape index (κ2) is 9.52. The summed E-state index contributed by atoms with van der Waals surface area (Å²) >= 11 is 2.97. The minimum absolute atomic E-state index is 0.0610. The molecule has 1 amide bonds. The number of nitrogens with one attached hydrogen (secondary N) is 1. The minimum Gasteiger partial charge on any atom is -0.465 e. The first kappa shape index (κ1) is 20.1. The molecule has 0 aliphatic heterocycles. The fraction of sp³-hybridized carbons (Fsp3) is 0.190. The van der Waals surface area contributed by atoms with Gasteiger partial charge in [-0.15, -0.1) is 11.3 Å². The number of benzene rings is 2. The van der Waals surface area contributed by atoms with E-state index in [0.717, 1.165) is 21.2 Å². The van der Waals surface area contributed by atoms with Gasteiger partial charge in [-0.2, -0.15) is 0 Å². The average Bonchev–Trinajstić information content (AvgIpc) is 3.20. The number of thiazole rings is 1. The molecule has 0 spiro atoms. The van der Waals surface area contributed by atoms with Gasteiger partial charge in [0, 0.05) is 17.5 Å². The number of nitrogens with zero attached hydrogens (tertiary/aromatic N) is 1. The molecule has 1 N–H and O–H groups in total. The van der Waals surface area contributed by atoms with E-state index in [1.165, 1.54) is 35.8 Å². The van der Waals surface area contributed by atoms with Gasteiger partial charge in [0.2, 0.25) is 5.91 Å². The number of rotatable bonds is 7. The molecule has 28 heavy (non-hydrogen) atoms. The highest BCUT2D eigenvalue weighted by Gasteiger charge is 2.09. The summed E-state index contributed by atoms with van der Waals surface area (Å²) < 4.78 is 5.54. The summed E-state index contributed by atoms with van der Waals surface area (Å²) in [6.07, 6.45) is 0. The number of ether oxygens (including phenoxy) is 1. The van der Waals surface area contributed by atoms with Crippen molar-refractivity contribution in [3.05, 3.63) is 70.6 Å². The number of esters is 1. The molecule has 144 valence electrons. The van der Waals surface area contributed by atoms with Gasteiger partial charge in [0.15, 0.2) is 4.34 Å². The Morgan fingerprint density at radius 2 is 1.82 bits per heavy atom. The number of hydrogen-bond acceptors (Lipinski definition) is 6. The van der Waals surface area contributed by atoms with Gasteiger partial charge in [0.1, 0.15) is 0 Å². The number of aryl methyl sites for hydroxylation is 1. The summed E-state index contributed by atoms with van der Waals surface area (Å²) in [6.45, 7) is 2.46. The van der Waals surface area contributed by atoms with Crippen molar-refractivity contribution < 1.29 is 14.3 Å². The normalized spacial score (nSPS) is 10.5. The monoisotopic (exact) mass is 412 g/mol. The molecule has 3 rings (SSSR count). The van der Waals surface area contributed by atoms with E-state index < -0.39 is 0 Å². The van der Waals surface area contributed by atoms with E-state index in [0.29, 0.717) is 17.9 Å². The Balaban J connectivity index is 1.47. The zero-order valence-electron chi connectivity index (χ0n) is 15.6. The van der Waals surface area contributed by atoms with E-state index >= 15 is 0 Å². The molecule has 0 bridgehead atoms. The molecule has 7 heteroatoms. The van der Waals surface area contributed by atoms with E-state index in [4.69, 9.17) is 0 Å². The third-order valence-corrected chi connectivity index (χ3v) is 6.04. The first-order valence-corrected chi connectivity index (χ1v) is 10.5. The van der Waals surface area contributed by atoms with Crippen LogP contribution < -0.4 is 5.32 Å². The van der Waals surface area contributed by atoms with Crippen molar-refractivity contribution in [1.82, 2.24) is 10.3 Å². The number of aromatic nitrogens is 1. The topological polar surface area (TPSA) is 68.3 Å². The van der Waals surface area contributed by atoms with Crippen LogP contribution in [0.2, 0.25) is 0 Å². The zero-order chi connectivity index (χ0) is 19.9. The maximum Gasteiger partial charge on any atom is 0.337 e. The van der Waals surface area contributed by atoms with E-state index in [1.807, 2.05) is 5.38 Å². The number of carbonyl (C=O) groups excluding carboxylic acids is 2. The maximum absolute atomic E-state index is 12.1. The van der Waals surface area contributed by atoms with Crippen LogP contribution in [-0.4, -0.2) is 29.7 Å². The Morgan fingerprint density at radius 3 is 2.50 bits per heavy atom. The predicted molar refractivity (Wildman–Crippen MR) is 113 cm³/mol. The van der Waals surface area contributed by atoms with Crippen LogP contribution in [0.1, 0.15) is 21.5 Å². The lowest BCUT2D eigenvalue weighted by Crippen LogP contribution is -2.24. The maximum atomic E-state index is 12.1. The highest BCUT2D eigenvalue weighted by molar-refractivity contribution is 8.01. The van der Waals surface area contributed by atoms with Gasteiger partial charge in [-0.1, -0.05) is 53.7 Å². The summed E-state index contributed by atoms with van der Waals surface area (Å²) in [5.41, 5.74) is 4.63. The van der Waals surface area contributed by atoms with Gasteiger partial charge in [0.05, 0.1) is 24.1 Å². The van der Waals surface area contributed by atoms with Crippen LogP contribution in [0.5, 0.6) is 0 Å². The van der Waals surface area contributed by atoms with Crippen LogP contribution in [0.15, 0.2) is 58.3 Å². The molecule has 0 atom stereocenters. The van der Waals surface area contributed by atoms with Crippen LogP contribution in [-0.2, 0) is 16.1 Å². The highest BCUT2D eigenvalue weighted by Crippen LogP contribution is 2.28. The van der Waals surface area contributed by atoms with Crippen molar-refractivity contribution in [2.75, 3.05) is 12.9 Å². The Labute approximate surface area is 172 Å². The van der Waals surface area contributed by atoms with Crippen molar-refractivity contribution in [3.8, 4) is 11.3 Å². The molecule has 0 saturated carbocycles. The summed E-state index contributed by atoms with van der Waals surface area (Å²) in [7, 11) is 1.35. The van der Waals surface area contributed by atoms with Crippen molar-refractivity contribution in [1.29, 1.82) is 0 Å². The second-order valence-corrected chi connectivity index (χ2v) is 8.20. The number of amides is 1. The third kappa shape index (κ3) is 5.43. The van der Waals surface area contributed by atoms with E-state index in [-0.39, 0.29) is 11.9 Å². The van der Waals surface area contributed by atoms with Crippen molar-refractivity contribution in [2.24, 2.45) is 0 Å². The fourth-order valence-corrected chi connectivity index (χ4v) is 4.10. The van der Waals surface area contributed by atoms with Crippen molar-refractivity contribution in [3.63, 3.8) is 0 Å². The molecule has 0 fully saturated rings. The van der Waals surface area contributed by atoms with E-state index in [1.54, 1.807) is 24.3 Å². The molecule has 3 aromatic rings. The summed E-state index contributed by atoms with van der Waals surface area (Å²) in [4.78, 5) is 28.1. The molecule has 0 radical (unpaired) electrons. The Bertz CT molecular complexity index is 951. The lowest BCUT2D eigenvalue weighted by molar-refractivity contribution is -0.118. The summed E-state index contributed by atoms with van der Waals surface area (Å²) in [5, 5.41) is 4.89. The Morgan fingerprint density at radius 1 is 1.11 bits per heavy atom. The van der Waals surface area contributed by atoms with Gasteiger partial charge in [-0.05, 0) is 24.6 Å². The molecule has 5 nitrogen and oxygen atoms in total. The summed E-state index contributed by atoms with van der Waals surface area (Å²) in [5.74, 6) is -0.129. The van der Waals surface area contributed by atoms with Crippen molar-refractivity contribution >= 4 is 35.0 Å². The number of hydrogen-bond donors (Lipinski definition) is 1. The lowest BCUT2D eigenvalue weighted by atomic mass is 10.1. The van der Waals surface area contributed by atoms with Crippen molar-refractivity contribution in [2.45, 2.75) is 17.8 Å². The molecule has 0 unspecified atom stereocenters. The Hall–Kier alpha value is -2.64. The number of thioether (sulfide) groups is 1. The average molecular weight is 413 g/mol. The van der Waals surface area contributed by atoms with Crippen LogP contribution in [0.3, 0.4) is 0 Å². The molecule has 2 aromatic carbocycles. The van der Waals surface area contributed by atoms with Crippen LogP contribution in [0.4, 0.5) is 0 Å². The molecular weight excluding hydrogens is 392 g/mol. The quantitative estimate of drug-likeness (QED) is 0.463. The first-order chi connectivity index (χ1) is 13.5. The van der Waals surface area contributed by atoms with Gasteiger partial charge >= 0.3 is 5.97 Å². The molecular formula is C21H20N2O3S2. The molecule has 1 aromatic heterocycles. The number of carbonyl (C=O) groups is 2. The lowest BCUT2D eigenvalue weighted by Gasteiger charge is -2.05. The number of methoxy groups -OCH3 is 1. The standard InChI is InChI=1S/C21H20N2O3S2/c1-14-3-7-16(8-4-14)18-12-27-21(23-18)28-13-19(24)22-11-15-5-9-17(10-6-15)20(25)26-2/h3-10,12H,11,13H2,1-2H3,(H,22,24). The second-order valence-electron chi connectivity index (χ2n) is 6.12. The van der Waals surface area contributed by atoms with E-state index in [2.05, 4.69) is 46.2 Å². The Kier molecular flexibility index (Phi) is 6.84. The van der Waals surface area contributed by atoms with Crippen LogP contribution in [0, 0.1) is 6.92 Å². The largest absolute Gasteiger partial charge is 0.465 e. The molecule has 1 heterocycles. The smallest absolute Gasteiger partial charge is 0.337 e. The highest BCUT2D eigenvalue weighted by atomic mass is 32.2. The predicted octanol–water partition coefficient (Wildman–Crippen LogP) is 4.31. The SMILES string of the molecule is COC(=O)c1ccc(CNC(=O)CSc2nc(-c3ccc(C)cc3)cs2)cc1. The molecule has 0 aliphatic carbocycles. The van der Waals surface area contributed by atoms with Gasteiger partial charge in [-0.3, -0.25) is 4.79 Å². The van der Waals surface area contributed by atoms with Crippen LogP contribution >= 0.6 is 23.1 Å². The zero-order valence-corrected chi connectivity index (χ0v) is 17.2. The van der Waals surface area contributed by atoms with Crippen LogP contribution in [0.25, 0.3) is 11.3 Å². The third-order valence-electron chi connectivity index (χ3n) is 4.02.